The summed E-state index contributed by atoms with van der Waals surface area (Å²) >= 11 is 0. The molecule has 0 unspecified atom stereocenters. The largest absolute Gasteiger partial charge is 0.294 e. The molecule has 0 N–H and O–H groups in total. The molecule has 1 aliphatic heterocycles. The Bertz CT molecular complexity index is 447. The van der Waals surface area contributed by atoms with Crippen LogP contribution in [0.1, 0.15) is 33.6 Å². The number of ketones is 1. The van der Waals surface area contributed by atoms with Crippen LogP contribution in [0.5, 0.6) is 0 Å². The summed E-state index contributed by atoms with van der Waals surface area (Å²) in [6.45, 7) is 6.15. The molecule has 2 heteroatoms. The maximum atomic E-state index is 11.7. The van der Waals surface area contributed by atoms with Crippen molar-refractivity contribution in [3.63, 3.8) is 0 Å². The second-order valence-corrected chi connectivity index (χ2v) is 4.17. The van der Waals surface area contributed by atoms with E-state index in [1.54, 1.807) is 0 Å². The van der Waals surface area contributed by atoms with Gasteiger partial charge in [0, 0.05) is 17.7 Å². The molecule has 0 aromatic rings. The Balaban J connectivity index is 2.55. The normalized spacial score (nSPS) is 21.5. The van der Waals surface area contributed by atoms with Crippen LogP contribution in [0, 0.1) is 0 Å². The van der Waals surface area contributed by atoms with E-state index < -0.39 is 0 Å². The summed E-state index contributed by atoms with van der Waals surface area (Å²) in [5.41, 5.74) is 5.23. The number of aliphatic imine (C=N–C) groups is 1. The van der Waals surface area contributed by atoms with Crippen molar-refractivity contribution in [3.05, 3.63) is 34.6 Å². The lowest BCUT2D eigenvalue weighted by molar-refractivity contribution is -0.115. The number of rotatable bonds is 0. The van der Waals surface area contributed by atoms with Crippen molar-refractivity contribution in [1.82, 2.24) is 0 Å². The first-order chi connectivity index (χ1) is 7.09. The zero-order valence-electron chi connectivity index (χ0n) is 9.42. The topological polar surface area (TPSA) is 29.4 Å². The fourth-order valence-corrected chi connectivity index (χ4v) is 1.91. The molecular weight excluding hydrogens is 186 g/mol. The number of allylic oxidation sites excluding steroid dienone is 5. The number of nitrogens with zero attached hydrogens (tertiary/aromatic N) is 1. The first kappa shape index (κ1) is 10.1. The molecule has 0 amide bonds. The maximum absolute atomic E-state index is 11.7. The van der Waals surface area contributed by atoms with Crippen LogP contribution in [0.15, 0.2) is 39.6 Å². The highest BCUT2D eigenvalue weighted by atomic mass is 16.1. The fraction of sp³-hybridized carbons (Fsp3) is 0.385. The van der Waals surface area contributed by atoms with Crippen molar-refractivity contribution >= 4 is 11.5 Å². The monoisotopic (exact) mass is 201 g/mol. The Morgan fingerprint density at radius 1 is 1.27 bits per heavy atom. The number of carbonyl (C=O) groups excluding carboxylic acids is 1. The smallest absolute Gasteiger partial charge is 0.165 e. The molecule has 0 aromatic carbocycles. The second kappa shape index (κ2) is 3.61. The Kier molecular flexibility index (Phi) is 2.43. The van der Waals surface area contributed by atoms with Gasteiger partial charge < -0.3 is 0 Å². The van der Waals surface area contributed by atoms with Crippen LogP contribution >= 0.6 is 0 Å². The Labute approximate surface area is 90.1 Å². The van der Waals surface area contributed by atoms with Crippen LogP contribution in [0.25, 0.3) is 0 Å². The molecule has 1 heterocycles. The van der Waals surface area contributed by atoms with Gasteiger partial charge in [0.2, 0.25) is 0 Å². The van der Waals surface area contributed by atoms with Crippen LogP contribution in [-0.2, 0) is 4.79 Å². The lowest BCUT2D eigenvalue weighted by atomic mass is 9.94. The molecule has 0 spiro atoms. The van der Waals surface area contributed by atoms with Crippen molar-refractivity contribution in [2.75, 3.05) is 0 Å². The lowest BCUT2D eigenvalue weighted by Crippen LogP contribution is -2.07. The van der Waals surface area contributed by atoms with Gasteiger partial charge in [0.25, 0.3) is 0 Å². The molecule has 0 radical (unpaired) electrons. The molecule has 0 saturated heterocycles. The minimum Gasteiger partial charge on any atom is -0.294 e. The summed E-state index contributed by atoms with van der Waals surface area (Å²) in [6.07, 6.45) is 5.14. The van der Waals surface area contributed by atoms with Crippen LogP contribution in [0.4, 0.5) is 0 Å². The lowest BCUT2D eigenvalue weighted by Gasteiger charge is -2.10. The van der Waals surface area contributed by atoms with Crippen molar-refractivity contribution < 1.29 is 4.79 Å². The summed E-state index contributed by atoms with van der Waals surface area (Å²) in [4.78, 5) is 16.2. The molecule has 0 fully saturated rings. The Morgan fingerprint density at radius 2 is 2.00 bits per heavy atom. The zero-order valence-corrected chi connectivity index (χ0v) is 9.42. The molecule has 0 bridgehead atoms. The van der Waals surface area contributed by atoms with Gasteiger partial charge in [0.1, 0.15) is 0 Å². The molecule has 0 atom stereocenters. The standard InChI is InChI=1S/C13H15NO/c1-8-7-11-12(5-4-6-13(11)15)14-10(3)9(8)2/h4-5H,6-7H2,1-3H3. The summed E-state index contributed by atoms with van der Waals surface area (Å²) in [5.74, 6) is 0.220. The van der Waals surface area contributed by atoms with Gasteiger partial charge in [0.15, 0.2) is 5.78 Å². The molecule has 0 aromatic heterocycles. The van der Waals surface area contributed by atoms with Crippen LogP contribution < -0.4 is 0 Å². The second-order valence-electron chi connectivity index (χ2n) is 4.17. The third kappa shape index (κ3) is 1.72. The van der Waals surface area contributed by atoms with Crippen LogP contribution in [0.3, 0.4) is 0 Å². The van der Waals surface area contributed by atoms with Crippen LogP contribution in [-0.4, -0.2) is 11.5 Å². The molecule has 2 nitrogen and oxygen atoms in total. The maximum Gasteiger partial charge on any atom is 0.165 e. The average molecular weight is 201 g/mol. The molecule has 15 heavy (non-hydrogen) atoms. The van der Waals surface area contributed by atoms with Gasteiger partial charge in [0.05, 0.1) is 5.70 Å². The first-order valence-corrected chi connectivity index (χ1v) is 5.24. The van der Waals surface area contributed by atoms with Gasteiger partial charge in [-0.1, -0.05) is 11.6 Å². The predicted molar refractivity (Wildman–Crippen MR) is 61.9 cm³/mol. The van der Waals surface area contributed by atoms with Gasteiger partial charge in [-0.2, -0.15) is 0 Å². The van der Waals surface area contributed by atoms with E-state index in [9.17, 15) is 4.79 Å². The highest BCUT2D eigenvalue weighted by Gasteiger charge is 2.20. The molecule has 2 rings (SSSR count). The summed E-state index contributed by atoms with van der Waals surface area (Å²) in [6, 6.07) is 0. The minimum absolute atomic E-state index is 0.220. The van der Waals surface area contributed by atoms with Crippen molar-refractivity contribution in [2.45, 2.75) is 33.6 Å². The van der Waals surface area contributed by atoms with Crippen molar-refractivity contribution in [1.29, 1.82) is 0 Å². The fourth-order valence-electron chi connectivity index (χ4n) is 1.91. The van der Waals surface area contributed by atoms with E-state index >= 15 is 0 Å². The van der Waals surface area contributed by atoms with E-state index in [1.807, 2.05) is 19.1 Å². The third-order valence-electron chi connectivity index (χ3n) is 3.14. The first-order valence-electron chi connectivity index (χ1n) is 5.24. The van der Waals surface area contributed by atoms with E-state index in [-0.39, 0.29) is 5.78 Å². The summed E-state index contributed by atoms with van der Waals surface area (Å²) < 4.78 is 0. The summed E-state index contributed by atoms with van der Waals surface area (Å²) in [7, 11) is 0. The quantitative estimate of drug-likeness (QED) is 0.592. The number of Topliss-reactive ketones (excluding diaryl/α,β-unsaturated/α-hetero) is 1. The van der Waals surface area contributed by atoms with Gasteiger partial charge in [-0.25, -0.2) is 0 Å². The number of hydrogen-bond donors (Lipinski definition) is 0. The molecule has 2 aliphatic rings. The minimum atomic E-state index is 0.220. The van der Waals surface area contributed by atoms with Crippen LogP contribution in [0.2, 0.25) is 0 Å². The van der Waals surface area contributed by atoms with E-state index in [1.165, 1.54) is 11.1 Å². The Hall–Kier alpha value is -1.44. The number of hydrogen-bond acceptors (Lipinski definition) is 2. The zero-order chi connectivity index (χ0) is 11.0. The molecule has 0 saturated carbocycles. The molecule has 78 valence electrons. The van der Waals surface area contributed by atoms with E-state index in [4.69, 9.17) is 0 Å². The van der Waals surface area contributed by atoms with E-state index in [2.05, 4.69) is 18.8 Å². The van der Waals surface area contributed by atoms with Crippen molar-refractivity contribution in [2.24, 2.45) is 4.99 Å². The average Bonchev–Trinajstić information content (AvgIpc) is 2.30. The SMILES string of the molecule is CC1=NC2=C(CC(C)=C1C)C(=O)CC=C2. The molecular formula is C13H15NO. The summed E-state index contributed by atoms with van der Waals surface area (Å²) in [5, 5.41) is 0. The van der Waals surface area contributed by atoms with E-state index in [0.717, 1.165) is 23.4 Å². The number of carbonyl (C=O) groups is 1. The van der Waals surface area contributed by atoms with E-state index in [0.29, 0.717) is 6.42 Å². The predicted octanol–water partition coefficient (Wildman–Crippen LogP) is 2.97. The van der Waals surface area contributed by atoms with Gasteiger partial charge in [-0.05, 0) is 38.8 Å². The Morgan fingerprint density at radius 3 is 2.73 bits per heavy atom. The van der Waals surface area contributed by atoms with Crippen molar-refractivity contribution in [3.8, 4) is 0 Å². The van der Waals surface area contributed by atoms with Gasteiger partial charge in [-0.3, -0.25) is 9.79 Å². The van der Waals surface area contributed by atoms with Gasteiger partial charge in [-0.15, -0.1) is 0 Å². The highest BCUT2D eigenvalue weighted by Crippen LogP contribution is 2.28. The molecule has 1 aliphatic carbocycles. The van der Waals surface area contributed by atoms with Gasteiger partial charge >= 0.3 is 0 Å². The highest BCUT2D eigenvalue weighted by molar-refractivity contribution is 6.04. The third-order valence-corrected chi connectivity index (χ3v) is 3.14.